The molecule has 0 saturated heterocycles. The number of sulfonamides is 1. The van der Waals surface area contributed by atoms with Gasteiger partial charge in [-0.3, -0.25) is 0 Å². The van der Waals surface area contributed by atoms with E-state index in [2.05, 4.69) is 0 Å². The standard InChI is InChI=1S/C15H14ClNO7S/c16-10-6-9(7-12-14(10)22-5-1-4-21-12)8-23-15(18)11-2-3-13(24-11)25(17,19)20/h2-3,6-7H,1,4-5,8H2,(H2,17,19,20). The van der Waals surface area contributed by atoms with Crippen LogP contribution in [0.3, 0.4) is 0 Å². The van der Waals surface area contributed by atoms with Crippen LogP contribution in [0, 0.1) is 0 Å². The van der Waals surface area contributed by atoms with Gasteiger partial charge in [-0.2, -0.15) is 0 Å². The molecule has 2 aromatic rings. The normalized spacial score (nSPS) is 14.0. The van der Waals surface area contributed by atoms with E-state index in [1.165, 1.54) is 6.07 Å². The quantitative estimate of drug-likeness (QED) is 0.798. The molecule has 1 aliphatic rings. The Bertz CT molecular complexity index is 907. The molecule has 2 heterocycles. The Labute approximate surface area is 148 Å². The van der Waals surface area contributed by atoms with Crippen molar-refractivity contribution in [3.63, 3.8) is 0 Å². The van der Waals surface area contributed by atoms with E-state index in [1.54, 1.807) is 12.1 Å². The molecular weight excluding hydrogens is 374 g/mol. The van der Waals surface area contributed by atoms with Gasteiger partial charge in [0.15, 0.2) is 11.5 Å². The lowest BCUT2D eigenvalue weighted by Crippen LogP contribution is -2.11. The third-order valence-corrected chi connectivity index (χ3v) is 4.36. The van der Waals surface area contributed by atoms with Gasteiger partial charge >= 0.3 is 5.97 Å². The molecule has 1 aromatic carbocycles. The van der Waals surface area contributed by atoms with Crippen LogP contribution in [0.25, 0.3) is 0 Å². The van der Waals surface area contributed by atoms with E-state index in [4.69, 9.17) is 35.4 Å². The highest BCUT2D eigenvalue weighted by Crippen LogP contribution is 2.38. The van der Waals surface area contributed by atoms with E-state index in [0.29, 0.717) is 35.3 Å². The number of benzene rings is 1. The number of carbonyl (C=O) groups is 1. The number of hydrogen-bond donors (Lipinski definition) is 1. The zero-order valence-corrected chi connectivity index (χ0v) is 14.4. The Balaban J connectivity index is 1.71. The lowest BCUT2D eigenvalue weighted by atomic mass is 10.2. The molecule has 3 rings (SSSR count). The first-order valence-corrected chi connectivity index (χ1v) is 9.15. The fraction of sp³-hybridized carbons (Fsp3) is 0.267. The van der Waals surface area contributed by atoms with Crippen molar-refractivity contribution in [3.05, 3.63) is 40.6 Å². The van der Waals surface area contributed by atoms with E-state index < -0.39 is 21.1 Å². The lowest BCUT2D eigenvalue weighted by Gasteiger charge is -2.11. The summed E-state index contributed by atoms with van der Waals surface area (Å²) in [7, 11) is -4.02. The Morgan fingerprint density at radius 1 is 1.24 bits per heavy atom. The van der Waals surface area contributed by atoms with Crippen LogP contribution in [-0.2, 0) is 21.4 Å². The Kier molecular flexibility index (Phi) is 4.89. The zero-order valence-electron chi connectivity index (χ0n) is 12.9. The first kappa shape index (κ1) is 17.6. The molecule has 25 heavy (non-hydrogen) atoms. The van der Waals surface area contributed by atoms with Crippen LogP contribution in [0.1, 0.15) is 22.5 Å². The summed E-state index contributed by atoms with van der Waals surface area (Å²) < 4.78 is 43.3. The number of carbonyl (C=O) groups excluding carboxylic acids is 1. The molecule has 1 aliphatic heterocycles. The van der Waals surface area contributed by atoms with Crippen LogP contribution >= 0.6 is 11.6 Å². The van der Waals surface area contributed by atoms with Gasteiger partial charge < -0.3 is 18.6 Å². The Morgan fingerprint density at radius 3 is 2.72 bits per heavy atom. The molecule has 134 valence electrons. The maximum absolute atomic E-state index is 11.9. The van der Waals surface area contributed by atoms with E-state index >= 15 is 0 Å². The van der Waals surface area contributed by atoms with Crippen LogP contribution in [0.5, 0.6) is 11.5 Å². The van der Waals surface area contributed by atoms with Crippen LogP contribution in [-0.4, -0.2) is 27.6 Å². The second-order valence-corrected chi connectivity index (χ2v) is 7.09. The minimum Gasteiger partial charge on any atom is -0.489 e. The zero-order chi connectivity index (χ0) is 18.0. The third-order valence-electron chi connectivity index (χ3n) is 3.29. The van der Waals surface area contributed by atoms with Gasteiger partial charge in [-0.05, 0) is 29.8 Å². The van der Waals surface area contributed by atoms with Gasteiger partial charge in [0.2, 0.25) is 10.9 Å². The van der Waals surface area contributed by atoms with E-state index in [1.807, 2.05) is 0 Å². The number of nitrogens with two attached hydrogens (primary N) is 1. The van der Waals surface area contributed by atoms with Crippen molar-refractivity contribution in [2.24, 2.45) is 5.14 Å². The largest absolute Gasteiger partial charge is 0.489 e. The summed E-state index contributed by atoms with van der Waals surface area (Å²) >= 11 is 6.16. The molecule has 0 amide bonds. The Morgan fingerprint density at radius 2 is 2.00 bits per heavy atom. The smallest absolute Gasteiger partial charge is 0.374 e. The molecule has 0 aliphatic carbocycles. The summed E-state index contributed by atoms with van der Waals surface area (Å²) in [6.07, 6.45) is 0.736. The maximum Gasteiger partial charge on any atom is 0.374 e. The second kappa shape index (κ2) is 6.95. The van der Waals surface area contributed by atoms with E-state index in [0.717, 1.165) is 12.5 Å². The number of fused-ring (bicyclic) bond motifs is 1. The minimum absolute atomic E-state index is 0.111. The molecular formula is C15H14ClNO7S. The highest BCUT2D eigenvalue weighted by Gasteiger charge is 2.20. The predicted octanol–water partition coefficient (Wildman–Crippen LogP) is 2.10. The summed E-state index contributed by atoms with van der Waals surface area (Å²) in [5.41, 5.74) is 0.584. The summed E-state index contributed by atoms with van der Waals surface area (Å²) in [6.45, 7) is 0.891. The topological polar surface area (TPSA) is 118 Å². The van der Waals surface area contributed by atoms with Gasteiger partial charge in [-0.1, -0.05) is 11.6 Å². The molecule has 8 nitrogen and oxygen atoms in total. The average molecular weight is 388 g/mol. The number of ether oxygens (including phenoxy) is 3. The van der Waals surface area contributed by atoms with Crippen LogP contribution in [0.15, 0.2) is 33.8 Å². The summed E-state index contributed by atoms with van der Waals surface area (Å²) in [6, 6.07) is 5.51. The molecule has 0 unspecified atom stereocenters. The number of hydrogen-bond acceptors (Lipinski definition) is 7. The van der Waals surface area contributed by atoms with Crippen molar-refractivity contribution in [1.29, 1.82) is 0 Å². The molecule has 0 bridgehead atoms. The highest BCUT2D eigenvalue weighted by atomic mass is 35.5. The summed E-state index contributed by atoms with van der Waals surface area (Å²) in [5.74, 6) is -0.175. The van der Waals surface area contributed by atoms with Crippen LogP contribution < -0.4 is 14.6 Å². The van der Waals surface area contributed by atoms with Crippen molar-refractivity contribution >= 4 is 27.6 Å². The first-order valence-electron chi connectivity index (χ1n) is 7.22. The average Bonchev–Trinajstić information content (AvgIpc) is 2.93. The number of furan rings is 1. The molecule has 0 atom stereocenters. The van der Waals surface area contributed by atoms with Gasteiger partial charge in [0.05, 0.1) is 18.2 Å². The SMILES string of the molecule is NS(=O)(=O)c1ccc(C(=O)OCc2cc(Cl)c3c(c2)OCCCO3)o1. The van der Waals surface area contributed by atoms with Gasteiger partial charge in [0.1, 0.15) is 6.61 Å². The van der Waals surface area contributed by atoms with Crippen molar-refractivity contribution < 1.29 is 31.8 Å². The van der Waals surface area contributed by atoms with Crippen molar-refractivity contribution in [2.45, 2.75) is 18.1 Å². The summed E-state index contributed by atoms with van der Waals surface area (Å²) in [5, 5.41) is 4.75. The molecule has 1 aromatic heterocycles. The number of primary sulfonamides is 1. The first-order chi connectivity index (χ1) is 11.8. The second-order valence-electron chi connectivity index (χ2n) is 5.20. The van der Waals surface area contributed by atoms with Crippen molar-refractivity contribution in [3.8, 4) is 11.5 Å². The summed E-state index contributed by atoms with van der Waals surface area (Å²) in [4.78, 5) is 11.9. The van der Waals surface area contributed by atoms with E-state index in [9.17, 15) is 13.2 Å². The van der Waals surface area contributed by atoms with Gasteiger partial charge in [-0.15, -0.1) is 0 Å². The van der Waals surface area contributed by atoms with Crippen LogP contribution in [0.2, 0.25) is 5.02 Å². The highest BCUT2D eigenvalue weighted by molar-refractivity contribution is 7.89. The third kappa shape index (κ3) is 4.06. The van der Waals surface area contributed by atoms with Crippen LogP contribution in [0.4, 0.5) is 0 Å². The minimum atomic E-state index is -4.02. The van der Waals surface area contributed by atoms with Gasteiger partial charge in [0.25, 0.3) is 10.0 Å². The molecule has 0 saturated carbocycles. The van der Waals surface area contributed by atoms with Gasteiger partial charge in [-0.25, -0.2) is 18.4 Å². The number of esters is 1. The molecule has 2 N–H and O–H groups in total. The predicted molar refractivity (Wildman–Crippen MR) is 86.3 cm³/mol. The molecule has 10 heteroatoms. The van der Waals surface area contributed by atoms with Crippen molar-refractivity contribution in [1.82, 2.24) is 0 Å². The monoisotopic (exact) mass is 387 g/mol. The fourth-order valence-corrected chi connectivity index (χ4v) is 2.92. The molecule has 0 fully saturated rings. The fourth-order valence-electron chi connectivity index (χ4n) is 2.17. The maximum atomic E-state index is 11.9. The number of halogens is 1. The number of rotatable bonds is 4. The molecule has 0 spiro atoms. The molecule has 0 radical (unpaired) electrons. The van der Waals surface area contributed by atoms with Crippen molar-refractivity contribution in [2.75, 3.05) is 13.2 Å². The lowest BCUT2D eigenvalue weighted by molar-refractivity contribution is 0.0429. The van der Waals surface area contributed by atoms with Gasteiger partial charge in [0, 0.05) is 6.42 Å². The Hall–Kier alpha value is -2.23. The van der Waals surface area contributed by atoms with E-state index in [-0.39, 0.29) is 12.4 Å².